The van der Waals surface area contributed by atoms with Crippen molar-refractivity contribution in [3.05, 3.63) is 33.9 Å². The second-order valence-corrected chi connectivity index (χ2v) is 3.88. The maximum atomic E-state index is 11.4. The predicted octanol–water partition coefficient (Wildman–Crippen LogP) is 1.04. The lowest BCUT2D eigenvalue weighted by molar-refractivity contribution is -0.385. The number of rotatable bonds is 5. The maximum absolute atomic E-state index is 11.4. The molecule has 0 saturated heterocycles. The van der Waals surface area contributed by atoms with Crippen LogP contribution in [0.15, 0.2) is 18.2 Å². The number of likely N-dealkylation sites (N-methyl/N-ethyl adjacent to an activating group) is 2. The van der Waals surface area contributed by atoms with E-state index in [2.05, 4.69) is 5.32 Å². The van der Waals surface area contributed by atoms with Crippen molar-refractivity contribution < 1.29 is 9.72 Å². The summed E-state index contributed by atoms with van der Waals surface area (Å²) in [6.45, 7) is 2.43. The van der Waals surface area contributed by atoms with Gasteiger partial charge in [0.1, 0.15) is 11.6 Å². The van der Waals surface area contributed by atoms with Crippen molar-refractivity contribution in [3.8, 4) is 6.07 Å². The summed E-state index contributed by atoms with van der Waals surface area (Å²) in [5.41, 5.74) is 0.250. The summed E-state index contributed by atoms with van der Waals surface area (Å²) in [6, 6.07) is 6.00. The smallest absolute Gasteiger partial charge is 0.289 e. The lowest BCUT2D eigenvalue weighted by Crippen LogP contribution is -2.34. The van der Waals surface area contributed by atoms with Crippen LogP contribution < -0.4 is 10.2 Å². The highest BCUT2D eigenvalue weighted by molar-refractivity contribution is 5.81. The molecule has 0 unspecified atom stereocenters. The minimum absolute atomic E-state index is 0.000148. The first kappa shape index (κ1) is 14.4. The van der Waals surface area contributed by atoms with Crippen molar-refractivity contribution in [1.82, 2.24) is 5.32 Å². The number of nitriles is 1. The molecule has 0 atom stereocenters. The van der Waals surface area contributed by atoms with Crippen molar-refractivity contribution in [2.45, 2.75) is 6.92 Å². The van der Waals surface area contributed by atoms with Gasteiger partial charge >= 0.3 is 0 Å². The molecule has 0 fully saturated rings. The number of amides is 1. The van der Waals surface area contributed by atoms with Crippen molar-refractivity contribution in [2.24, 2.45) is 0 Å². The quantitative estimate of drug-likeness (QED) is 0.631. The average molecular weight is 262 g/mol. The van der Waals surface area contributed by atoms with Gasteiger partial charge in [0, 0.05) is 25.3 Å². The van der Waals surface area contributed by atoms with Crippen LogP contribution in [0.2, 0.25) is 0 Å². The molecule has 0 aliphatic heterocycles. The average Bonchev–Trinajstić information content (AvgIpc) is 2.37. The fourth-order valence-corrected chi connectivity index (χ4v) is 1.56. The van der Waals surface area contributed by atoms with Crippen molar-refractivity contribution in [1.29, 1.82) is 5.26 Å². The molecule has 100 valence electrons. The number of hydrogen-bond acceptors (Lipinski definition) is 5. The Morgan fingerprint density at radius 1 is 1.58 bits per heavy atom. The molecule has 1 N–H and O–H groups in total. The van der Waals surface area contributed by atoms with Crippen LogP contribution in [-0.2, 0) is 4.79 Å². The van der Waals surface area contributed by atoms with Gasteiger partial charge < -0.3 is 10.2 Å². The molecule has 0 heterocycles. The molecular weight excluding hydrogens is 248 g/mol. The van der Waals surface area contributed by atoms with E-state index in [1.165, 1.54) is 12.1 Å². The lowest BCUT2D eigenvalue weighted by atomic mass is 10.1. The van der Waals surface area contributed by atoms with Gasteiger partial charge in [-0.1, -0.05) is 0 Å². The molecule has 19 heavy (non-hydrogen) atoms. The standard InChI is InChI=1S/C12H14N4O3/c1-3-14-12(17)8-15(2)10-5-4-9(7-13)11(6-10)16(18)19/h4-6H,3,8H2,1-2H3,(H,14,17). The zero-order chi connectivity index (χ0) is 14.4. The van der Waals surface area contributed by atoms with Gasteiger partial charge in [0.15, 0.2) is 0 Å². The van der Waals surface area contributed by atoms with Crippen LogP contribution in [0.5, 0.6) is 0 Å². The number of nitrogens with one attached hydrogen (secondary N) is 1. The van der Waals surface area contributed by atoms with Gasteiger partial charge in [-0.15, -0.1) is 0 Å². The third-order valence-corrected chi connectivity index (χ3v) is 2.49. The first-order valence-electron chi connectivity index (χ1n) is 5.66. The van der Waals surface area contributed by atoms with Crippen molar-refractivity contribution >= 4 is 17.3 Å². The first-order valence-corrected chi connectivity index (χ1v) is 5.66. The molecule has 0 saturated carbocycles. The van der Waals surface area contributed by atoms with E-state index < -0.39 is 4.92 Å². The number of nitro benzene ring substituents is 1. The van der Waals surface area contributed by atoms with Crippen LogP contribution in [-0.4, -0.2) is 31.0 Å². The fourth-order valence-electron chi connectivity index (χ4n) is 1.56. The molecular formula is C12H14N4O3. The minimum atomic E-state index is -0.609. The van der Waals surface area contributed by atoms with E-state index in [-0.39, 0.29) is 23.7 Å². The SMILES string of the molecule is CCNC(=O)CN(C)c1ccc(C#N)c([N+](=O)[O-])c1. The summed E-state index contributed by atoms with van der Waals surface area (Å²) in [5, 5.41) is 22.3. The van der Waals surface area contributed by atoms with Crippen LogP contribution in [0, 0.1) is 21.4 Å². The Morgan fingerprint density at radius 2 is 2.26 bits per heavy atom. The van der Waals surface area contributed by atoms with Crippen molar-refractivity contribution in [3.63, 3.8) is 0 Å². The Hall–Kier alpha value is -2.62. The second kappa shape index (κ2) is 6.35. The molecule has 7 nitrogen and oxygen atoms in total. The monoisotopic (exact) mass is 262 g/mol. The summed E-state index contributed by atoms with van der Waals surface area (Å²) >= 11 is 0. The van der Waals surface area contributed by atoms with Crippen LogP contribution in [0.1, 0.15) is 12.5 Å². The first-order chi connectivity index (χ1) is 8.99. The van der Waals surface area contributed by atoms with Crippen LogP contribution in [0.3, 0.4) is 0 Å². The predicted molar refractivity (Wildman–Crippen MR) is 69.8 cm³/mol. The molecule has 1 aromatic carbocycles. The largest absolute Gasteiger partial charge is 0.365 e. The number of benzene rings is 1. The summed E-state index contributed by atoms with van der Waals surface area (Å²) in [6.07, 6.45) is 0. The third-order valence-electron chi connectivity index (χ3n) is 2.49. The molecule has 1 rings (SSSR count). The molecule has 0 radical (unpaired) electrons. The Morgan fingerprint density at radius 3 is 2.79 bits per heavy atom. The van der Waals surface area contributed by atoms with Crippen molar-refractivity contribution in [2.75, 3.05) is 25.0 Å². The van der Waals surface area contributed by atoms with Gasteiger partial charge in [0.05, 0.1) is 11.5 Å². The minimum Gasteiger partial charge on any atom is -0.365 e. The van der Waals surface area contributed by atoms with Crippen LogP contribution in [0.4, 0.5) is 11.4 Å². The highest BCUT2D eigenvalue weighted by Crippen LogP contribution is 2.24. The number of hydrogen-bond donors (Lipinski definition) is 1. The van der Waals surface area contributed by atoms with Gasteiger partial charge in [0.25, 0.3) is 5.69 Å². The number of nitrogens with zero attached hydrogens (tertiary/aromatic N) is 3. The van der Waals surface area contributed by atoms with Gasteiger partial charge in [-0.3, -0.25) is 14.9 Å². The molecule has 1 amide bonds. The Labute approximate surface area is 110 Å². The summed E-state index contributed by atoms with van der Waals surface area (Å²) in [5.74, 6) is -0.169. The van der Waals surface area contributed by atoms with E-state index in [4.69, 9.17) is 5.26 Å². The molecule has 0 spiro atoms. The summed E-state index contributed by atoms with van der Waals surface area (Å²) in [7, 11) is 1.65. The summed E-state index contributed by atoms with van der Waals surface area (Å²) < 4.78 is 0. The molecule has 0 aromatic heterocycles. The number of anilines is 1. The fraction of sp³-hybridized carbons (Fsp3) is 0.333. The van der Waals surface area contributed by atoms with Gasteiger partial charge in [-0.05, 0) is 19.1 Å². The zero-order valence-electron chi connectivity index (χ0n) is 10.7. The van der Waals surface area contributed by atoms with Gasteiger partial charge in [-0.25, -0.2) is 0 Å². The van der Waals surface area contributed by atoms with Crippen LogP contribution >= 0.6 is 0 Å². The molecule has 0 aliphatic rings. The van der Waals surface area contributed by atoms with E-state index in [1.807, 2.05) is 6.92 Å². The lowest BCUT2D eigenvalue weighted by Gasteiger charge is -2.18. The second-order valence-electron chi connectivity index (χ2n) is 3.88. The maximum Gasteiger partial charge on any atom is 0.289 e. The Kier molecular flexibility index (Phi) is 4.83. The number of carbonyl (C=O) groups excluding carboxylic acids is 1. The molecule has 7 heteroatoms. The van der Waals surface area contributed by atoms with E-state index in [9.17, 15) is 14.9 Å². The highest BCUT2D eigenvalue weighted by atomic mass is 16.6. The van der Waals surface area contributed by atoms with Gasteiger partial charge in [0.2, 0.25) is 5.91 Å². The number of nitro groups is 1. The molecule has 0 bridgehead atoms. The molecule has 1 aromatic rings. The van der Waals surface area contributed by atoms with E-state index in [0.29, 0.717) is 12.2 Å². The van der Waals surface area contributed by atoms with Gasteiger partial charge in [-0.2, -0.15) is 5.26 Å². The summed E-state index contributed by atoms with van der Waals surface area (Å²) in [4.78, 5) is 23.2. The Bertz CT molecular complexity index is 536. The highest BCUT2D eigenvalue weighted by Gasteiger charge is 2.16. The van der Waals surface area contributed by atoms with E-state index in [0.717, 1.165) is 0 Å². The topological polar surface area (TPSA) is 99.3 Å². The Balaban J connectivity index is 2.96. The zero-order valence-corrected chi connectivity index (χ0v) is 10.7. The third kappa shape index (κ3) is 3.67. The molecule has 0 aliphatic carbocycles. The van der Waals surface area contributed by atoms with E-state index >= 15 is 0 Å². The van der Waals surface area contributed by atoms with Crippen LogP contribution in [0.25, 0.3) is 0 Å². The normalized spacial score (nSPS) is 9.53. The number of carbonyl (C=O) groups is 1. The van der Waals surface area contributed by atoms with E-state index in [1.54, 1.807) is 24.1 Å².